The molecule has 0 heterocycles. The lowest BCUT2D eigenvalue weighted by molar-refractivity contribution is 0.247. The molecule has 18 heavy (non-hydrogen) atoms. The molecule has 0 radical (unpaired) electrons. The molecular formula is C17H27N. The highest BCUT2D eigenvalue weighted by Crippen LogP contribution is 2.28. The lowest BCUT2D eigenvalue weighted by Crippen LogP contribution is -2.29. The second-order valence-corrected chi connectivity index (χ2v) is 6.08. The summed E-state index contributed by atoms with van der Waals surface area (Å²) in [5, 5.41) is 3.66. The Kier molecular flexibility index (Phi) is 4.82. The van der Waals surface area contributed by atoms with E-state index in [1.165, 1.54) is 48.9 Å². The molecule has 0 aliphatic heterocycles. The van der Waals surface area contributed by atoms with Crippen LogP contribution in [-0.2, 0) is 6.54 Å². The van der Waals surface area contributed by atoms with E-state index in [2.05, 4.69) is 44.3 Å². The van der Waals surface area contributed by atoms with Gasteiger partial charge in [-0.1, -0.05) is 49.9 Å². The molecule has 1 fully saturated rings. The van der Waals surface area contributed by atoms with Gasteiger partial charge in [-0.05, 0) is 49.8 Å². The Hall–Kier alpha value is -0.820. The smallest absolute Gasteiger partial charge is 0.0208 e. The third kappa shape index (κ3) is 3.58. The summed E-state index contributed by atoms with van der Waals surface area (Å²) < 4.78 is 0. The van der Waals surface area contributed by atoms with Crippen LogP contribution in [0.25, 0.3) is 0 Å². The topological polar surface area (TPSA) is 12.0 Å². The normalized spacial score (nSPS) is 24.2. The molecule has 0 saturated heterocycles. The Morgan fingerprint density at radius 2 is 1.94 bits per heavy atom. The molecule has 0 bridgehead atoms. The van der Waals surface area contributed by atoms with Gasteiger partial charge in [0.15, 0.2) is 0 Å². The van der Waals surface area contributed by atoms with Crippen molar-refractivity contribution in [3.05, 3.63) is 34.9 Å². The van der Waals surface area contributed by atoms with Crippen LogP contribution in [0.4, 0.5) is 0 Å². The van der Waals surface area contributed by atoms with Crippen molar-refractivity contribution in [2.75, 3.05) is 6.54 Å². The first kappa shape index (κ1) is 13.6. The summed E-state index contributed by atoms with van der Waals surface area (Å²) in [5.41, 5.74) is 4.22. The molecule has 1 aromatic rings. The average molecular weight is 245 g/mol. The van der Waals surface area contributed by atoms with Crippen molar-refractivity contribution in [3.8, 4) is 0 Å². The van der Waals surface area contributed by atoms with Crippen LogP contribution in [0.2, 0.25) is 0 Å². The van der Waals surface area contributed by atoms with Crippen molar-refractivity contribution in [2.24, 2.45) is 11.8 Å². The zero-order valence-electron chi connectivity index (χ0n) is 12.1. The SMILES string of the molecule is Cc1ccc(CNCC2CCCCC2C)c(C)c1. The molecule has 1 nitrogen and oxygen atoms in total. The largest absolute Gasteiger partial charge is 0.312 e. The third-order valence-electron chi connectivity index (χ3n) is 4.51. The monoisotopic (exact) mass is 245 g/mol. The molecule has 0 aromatic heterocycles. The fourth-order valence-corrected chi connectivity index (χ4v) is 3.13. The van der Waals surface area contributed by atoms with Gasteiger partial charge in [-0.25, -0.2) is 0 Å². The number of hydrogen-bond acceptors (Lipinski definition) is 1. The van der Waals surface area contributed by atoms with Gasteiger partial charge in [0.05, 0.1) is 0 Å². The molecule has 1 aliphatic rings. The summed E-state index contributed by atoms with van der Waals surface area (Å²) in [6, 6.07) is 6.76. The van der Waals surface area contributed by atoms with E-state index in [1.54, 1.807) is 0 Å². The van der Waals surface area contributed by atoms with Crippen molar-refractivity contribution < 1.29 is 0 Å². The lowest BCUT2D eigenvalue weighted by Gasteiger charge is -2.29. The molecule has 1 heteroatoms. The van der Waals surface area contributed by atoms with Gasteiger partial charge in [0.25, 0.3) is 0 Å². The van der Waals surface area contributed by atoms with Crippen molar-refractivity contribution >= 4 is 0 Å². The summed E-state index contributed by atoms with van der Waals surface area (Å²) >= 11 is 0. The summed E-state index contributed by atoms with van der Waals surface area (Å²) in [4.78, 5) is 0. The standard InChI is InChI=1S/C17H27N/c1-13-8-9-17(15(3)10-13)12-18-11-16-7-5-4-6-14(16)2/h8-10,14,16,18H,4-7,11-12H2,1-3H3. The first-order chi connectivity index (χ1) is 8.66. The fourth-order valence-electron chi connectivity index (χ4n) is 3.13. The number of benzene rings is 1. The van der Waals surface area contributed by atoms with E-state index in [4.69, 9.17) is 0 Å². The van der Waals surface area contributed by atoms with Crippen LogP contribution in [0.1, 0.15) is 49.3 Å². The molecule has 1 N–H and O–H groups in total. The molecular weight excluding hydrogens is 218 g/mol. The minimum absolute atomic E-state index is 0.893. The quantitative estimate of drug-likeness (QED) is 0.837. The molecule has 1 aromatic carbocycles. The molecule has 2 atom stereocenters. The molecule has 1 saturated carbocycles. The second kappa shape index (κ2) is 6.38. The van der Waals surface area contributed by atoms with E-state index in [-0.39, 0.29) is 0 Å². The summed E-state index contributed by atoms with van der Waals surface area (Å²) in [5.74, 6) is 1.80. The van der Waals surface area contributed by atoms with Crippen LogP contribution >= 0.6 is 0 Å². The van der Waals surface area contributed by atoms with Crippen molar-refractivity contribution in [1.82, 2.24) is 5.32 Å². The van der Waals surface area contributed by atoms with E-state index >= 15 is 0 Å². The van der Waals surface area contributed by atoms with Gasteiger partial charge in [-0.15, -0.1) is 0 Å². The zero-order valence-corrected chi connectivity index (χ0v) is 12.1. The minimum Gasteiger partial charge on any atom is -0.312 e. The van der Waals surface area contributed by atoms with Crippen molar-refractivity contribution in [2.45, 2.75) is 53.0 Å². The van der Waals surface area contributed by atoms with E-state index in [0.717, 1.165) is 18.4 Å². The molecule has 2 rings (SSSR count). The molecule has 2 unspecified atom stereocenters. The van der Waals surface area contributed by atoms with Gasteiger partial charge < -0.3 is 5.32 Å². The highest BCUT2D eigenvalue weighted by Gasteiger charge is 2.20. The zero-order chi connectivity index (χ0) is 13.0. The maximum absolute atomic E-state index is 3.66. The molecule has 1 aliphatic carbocycles. The Morgan fingerprint density at radius 3 is 2.67 bits per heavy atom. The van der Waals surface area contributed by atoms with Crippen molar-refractivity contribution in [3.63, 3.8) is 0 Å². The van der Waals surface area contributed by atoms with Crippen LogP contribution < -0.4 is 5.32 Å². The van der Waals surface area contributed by atoms with E-state index < -0.39 is 0 Å². The van der Waals surface area contributed by atoms with Gasteiger partial charge >= 0.3 is 0 Å². The first-order valence-electron chi connectivity index (χ1n) is 7.43. The van der Waals surface area contributed by atoms with Gasteiger partial charge in [0.1, 0.15) is 0 Å². The van der Waals surface area contributed by atoms with Gasteiger partial charge in [-0.2, -0.15) is 0 Å². The van der Waals surface area contributed by atoms with Gasteiger partial charge in [-0.3, -0.25) is 0 Å². The fraction of sp³-hybridized carbons (Fsp3) is 0.647. The van der Waals surface area contributed by atoms with Crippen LogP contribution in [0.15, 0.2) is 18.2 Å². The minimum atomic E-state index is 0.893. The van der Waals surface area contributed by atoms with Crippen LogP contribution in [0, 0.1) is 25.7 Å². The predicted octanol–water partition coefficient (Wildman–Crippen LogP) is 4.22. The summed E-state index contributed by atoms with van der Waals surface area (Å²) in [6.45, 7) is 9.01. The second-order valence-electron chi connectivity index (χ2n) is 6.08. The highest BCUT2D eigenvalue weighted by atomic mass is 14.9. The lowest BCUT2D eigenvalue weighted by atomic mass is 9.80. The van der Waals surface area contributed by atoms with Crippen molar-refractivity contribution in [1.29, 1.82) is 0 Å². The molecule has 0 amide bonds. The molecule has 100 valence electrons. The van der Waals surface area contributed by atoms with Crippen LogP contribution in [0.5, 0.6) is 0 Å². The Morgan fingerprint density at radius 1 is 1.17 bits per heavy atom. The number of hydrogen-bond donors (Lipinski definition) is 1. The van der Waals surface area contributed by atoms with Crippen LogP contribution in [-0.4, -0.2) is 6.54 Å². The highest BCUT2D eigenvalue weighted by molar-refractivity contribution is 5.30. The summed E-state index contributed by atoms with van der Waals surface area (Å²) in [6.07, 6.45) is 5.71. The third-order valence-corrected chi connectivity index (χ3v) is 4.51. The van der Waals surface area contributed by atoms with E-state index in [0.29, 0.717) is 0 Å². The van der Waals surface area contributed by atoms with E-state index in [9.17, 15) is 0 Å². The molecule has 0 spiro atoms. The Labute approximate surface area is 112 Å². The predicted molar refractivity (Wildman–Crippen MR) is 78.7 cm³/mol. The maximum Gasteiger partial charge on any atom is 0.0208 e. The summed E-state index contributed by atoms with van der Waals surface area (Å²) in [7, 11) is 0. The Balaban J connectivity index is 1.81. The maximum atomic E-state index is 3.66. The van der Waals surface area contributed by atoms with Gasteiger partial charge in [0.2, 0.25) is 0 Å². The van der Waals surface area contributed by atoms with Gasteiger partial charge in [0, 0.05) is 6.54 Å². The average Bonchev–Trinajstić information content (AvgIpc) is 2.34. The van der Waals surface area contributed by atoms with Crippen LogP contribution in [0.3, 0.4) is 0 Å². The first-order valence-corrected chi connectivity index (χ1v) is 7.43. The number of rotatable bonds is 4. The number of nitrogens with one attached hydrogen (secondary N) is 1. The number of aryl methyl sites for hydroxylation is 2. The Bertz CT molecular complexity index is 383. The van der Waals surface area contributed by atoms with E-state index in [1.807, 2.05) is 0 Å².